The van der Waals surface area contributed by atoms with Gasteiger partial charge in [-0.2, -0.15) is 0 Å². The number of rotatable bonds is 3. The van der Waals surface area contributed by atoms with Gasteiger partial charge in [0.2, 0.25) is 0 Å². The predicted octanol–water partition coefficient (Wildman–Crippen LogP) is 1.96. The highest BCUT2D eigenvalue weighted by Gasteiger charge is 2.03. The van der Waals surface area contributed by atoms with Crippen molar-refractivity contribution in [1.82, 2.24) is 0 Å². The normalized spacial score (nSPS) is 10.6. The van der Waals surface area contributed by atoms with E-state index in [4.69, 9.17) is 10.2 Å². The van der Waals surface area contributed by atoms with Gasteiger partial charge < -0.3 is 10.2 Å². The van der Waals surface area contributed by atoms with E-state index in [1.54, 1.807) is 6.07 Å². The van der Waals surface area contributed by atoms with E-state index in [0.717, 1.165) is 21.9 Å². The number of carboxylic acids is 1. The molecule has 2 aromatic rings. The van der Waals surface area contributed by atoms with E-state index in [0.29, 0.717) is 0 Å². The lowest BCUT2D eigenvalue weighted by atomic mass is 10.0. The van der Waals surface area contributed by atoms with Gasteiger partial charge in [0, 0.05) is 0 Å². The number of hydrogen-bond donors (Lipinski definition) is 2. The van der Waals surface area contributed by atoms with Crippen molar-refractivity contribution in [3.63, 3.8) is 0 Å². The summed E-state index contributed by atoms with van der Waals surface area (Å²) < 4.78 is 0. The standard InChI is InChI=1S/C13H12O3/c14-8-11-3-1-2-10-6-9(7-13(15)16)4-5-12(10)11/h1-6,14H,7-8H2,(H,15,16). The molecule has 0 atom stereocenters. The zero-order valence-electron chi connectivity index (χ0n) is 8.68. The van der Waals surface area contributed by atoms with Crippen LogP contribution in [0.4, 0.5) is 0 Å². The Labute approximate surface area is 93.0 Å². The number of aliphatic carboxylic acids is 1. The first-order valence-electron chi connectivity index (χ1n) is 5.04. The first-order chi connectivity index (χ1) is 7.70. The van der Waals surface area contributed by atoms with Crippen LogP contribution in [0.1, 0.15) is 11.1 Å². The van der Waals surface area contributed by atoms with Crippen molar-refractivity contribution in [1.29, 1.82) is 0 Å². The Bertz CT molecular complexity index is 532. The Balaban J connectivity index is 2.51. The molecule has 3 nitrogen and oxygen atoms in total. The molecule has 3 heteroatoms. The van der Waals surface area contributed by atoms with Crippen LogP contribution in [-0.4, -0.2) is 16.2 Å². The van der Waals surface area contributed by atoms with Crippen molar-refractivity contribution in [3.8, 4) is 0 Å². The van der Waals surface area contributed by atoms with Crippen LogP contribution in [0.25, 0.3) is 10.8 Å². The molecule has 0 heterocycles. The van der Waals surface area contributed by atoms with Crippen LogP contribution in [-0.2, 0) is 17.8 Å². The number of benzene rings is 2. The van der Waals surface area contributed by atoms with Crippen LogP contribution >= 0.6 is 0 Å². The van der Waals surface area contributed by atoms with Crippen molar-refractivity contribution >= 4 is 16.7 Å². The van der Waals surface area contributed by atoms with Crippen molar-refractivity contribution in [2.75, 3.05) is 0 Å². The topological polar surface area (TPSA) is 57.5 Å². The van der Waals surface area contributed by atoms with Gasteiger partial charge in [-0.25, -0.2) is 0 Å². The molecule has 82 valence electrons. The van der Waals surface area contributed by atoms with Gasteiger partial charge in [0.05, 0.1) is 13.0 Å². The van der Waals surface area contributed by atoms with Gasteiger partial charge in [0.15, 0.2) is 0 Å². The lowest BCUT2D eigenvalue weighted by Gasteiger charge is -2.05. The number of carbonyl (C=O) groups is 1. The Morgan fingerprint density at radius 1 is 1.19 bits per heavy atom. The summed E-state index contributed by atoms with van der Waals surface area (Å²) in [5.41, 5.74) is 1.63. The van der Waals surface area contributed by atoms with Crippen molar-refractivity contribution in [2.24, 2.45) is 0 Å². The number of aliphatic hydroxyl groups excluding tert-OH is 1. The summed E-state index contributed by atoms with van der Waals surface area (Å²) in [4.78, 5) is 10.6. The average Bonchev–Trinajstić information content (AvgIpc) is 2.27. The summed E-state index contributed by atoms with van der Waals surface area (Å²) in [6.07, 6.45) is 0.0271. The molecule has 0 spiro atoms. The monoisotopic (exact) mass is 216 g/mol. The number of fused-ring (bicyclic) bond motifs is 1. The van der Waals surface area contributed by atoms with E-state index in [9.17, 15) is 4.79 Å². The van der Waals surface area contributed by atoms with Gasteiger partial charge in [-0.1, -0.05) is 36.4 Å². The molecule has 0 radical (unpaired) electrons. The van der Waals surface area contributed by atoms with E-state index >= 15 is 0 Å². The molecule has 2 rings (SSSR count). The zero-order valence-corrected chi connectivity index (χ0v) is 8.68. The van der Waals surface area contributed by atoms with Crippen molar-refractivity contribution < 1.29 is 15.0 Å². The molecule has 16 heavy (non-hydrogen) atoms. The van der Waals surface area contributed by atoms with Gasteiger partial charge in [0.25, 0.3) is 0 Å². The van der Waals surface area contributed by atoms with Gasteiger partial charge >= 0.3 is 5.97 Å². The molecule has 0 aliphatic carbocycles. The molecule has 0 saturated heterocycles. The molecular formula is C13H12O3. The third kappa shape index (κ3) is 2.04. The largest absolute Gasteiger partial charge is 0.481 e. The van der Waals surface area contributed by atoms with Crippen LogP contribution in [0.5, 0.6) is 0 Å². The molecule has 0 amide bonds. The second-order valence-electron chi connectivity index (χ2n) is 3.70. The summed E-state index contributed by atoms with van der Waals surface area (Å²) in [5.74, 6) is -0.835. The minimum absolute atomic E-state index is 0.00435. The highest BCUT2D eigenvalue weighted by atomic mass is 16.4. The maximum absolute atomic E-state index is 10.6. The second kappa shape index (κ2) is 4.33. The third-order valence-corrected chi connectivity index (χ3v) is 2.56. The van der Waals surface area contributed by atoms with Crippen LogP contribution in [0.15, 0.2) is 36.4 Å². The molecule has 0 aliphatic rings. The molecule has 0 fully saturated rings. The number of hydrogen-bond acceptors (Lipinski definition) is 2. The number of aliphatic hydroxyl groups is 1. The van der Waals surface area contributed by atoms with Crippen LogP contribution in [0, 0.1) is 0 Å². The Hall–Kier alpha value is -1.87. The summed E-state index contributed by atoms with van der Waals surface area (Å²) in [5, 5.41) is 19.8. The molecule has 2 aromatic carbocycles. The fraction of sp³-hybridized carbons (Fsp3) is 0.154. The molecule has 0 unspecified atom stereocenters. The van der Waals surface area contributed by atoms with Crippen molar-refractivity contribution in [2.45, 2.75) is 13.0 Å². The minimum Gasteiger partial charge on any atom is -0.481 e. The van der Waals surface area contributed by atoms with Crippen molar-refractivity contribution in [3.05, 3.63) is 47.5 Å². The summed E-state index contributed by atoms with van der Waals surface area (Å²) in [7, 11) is 0. The SMILES string of the molecule is O=C(O)Cc1ccc2c(CO)cccc2c1. The second-order valence-corrected chi connectivity index (χ2v) is 3.70. The van der Waals surface area contributed by atoms with Gasteiger partial charge in [-0.05, 0) is 21.9 Å². The first-order valence-corrected chi connectivity index (χ1v) is 5.04. The fourth-order valence-corrected chi connectivity index (χ4v) is 1.82. The Morgan fingerprint density at radius 3 is 2.69 bits per heavy atom. The zero-order chi connectivity index (χ0) is 11.5. The maximum atomic E-state index is 10.6. The highest BCUT2D eigenvalue weighted by Crippen LogP contribution is 2.20. The molecular weight excluding hydrogens is 204 g/mol. The molecule has 2 N–H and O–H groups in total. The van der Waals surface area contributed by atoms with Crippen LogP contribution in [0.2, 0.25) is 0 Å². The fourth-order valence-electron chi connectivity index (χ4n) is 1.82. The summed E-state index contributed by atoms with van der Waals surface area (Å²) in [6.45, 7) is -0.00435. The summed E-state index contributed by atoms with van der Waals surface area (Å²) in [6, 6.07) is 11.1. The minimum atomic E-state index is -0.835. The smallest absolute Gasteiger partial charge is 0.307 e. The predicted molar refractivity (Wildman–Crippen MR) is 61.2 cm³/mol. The summed E-state index contributed by atoms with van der Waals surface area (Å²) >= 11 is 0. The van der Waals surface area contributed by atoms with Crippen LogP contribution < -0.4 is 0 Å². The Morgan fingerprint density at radius 2 is 2.00 bits per heavy atom. The lowest BCUT2D eigenvalue weighted by Crippen LogP contribution is -1.99. The Kier molecular flexibility index (Phi) is 2.88. The molecule has 0 aliphatic heterocycles. The van der Waals surface area contributed by atoms with E-state index < -0.39 is 5.97 Å². The van der Waals surface area contributed by atoms with Gasteiger partial charge in [-0.3, -0.25) is 4.79 Å². The third-order valence-electron chi connectivity index (χ3n) is 2.56. The van der Waals surface area contributed by atoms with E-state index in [-0.39, 0.29) is 13.0 Å². The van der Waals surface area contributed by atoms with Gasteiger partial charge in [-0.15, -0.1) is 0 Å². The first kappa shape index (κ1) is 10.6. The molecule has 0 bridgehead atoms. The molecule has 0 saturated carbocycles. The average molecular weight is 216 g/mol. The van der Waals surface area contributed by atoms with E-state index in [1.807, 2.05) is 30.3 Å². The molecule has 0 aromatic heterocycles. The number of carboxylic acid groups (broad SMARTS) is 1. The lowest BCUT2D eigenvalue weighted by molar-refractivity contribution is -0.136. The van der Waals surface area contributed by atoms with E-state index in [1.165, 1.54) is 0 Å². The van der Waals surface area contributed by atoms with Crippen LogP contribution in [0.3, 0.4) is 0 Å². The quantitative estimate of drug-likeness (QED) is 0.824. The highest BCUT2D eigenvalue weighted by molar-refractivity contribution is 5.87. The van der Waals surface area contributed by atoms with Gasteiger partial charge in [0.1, 0.15) is 0 Å². The maximum Gasteiger partial charge on any atom is 0.307 e. The van der Waals surface area contributed by atoms with E-state index in [2.05, 4.69) is 0 Å².